The number of rotatable bonds is 2. The van der Waals surface area contributed by atoms with Crippen LogP contribution in [0.4, 0.5) is 10.5 Å². The maximum Gasteiger partial charge on any atom is 0.414 e. The molecule has 0 saturated heterocycles. The largest absolute Gasteiger partial charge is 0.446 e. The Balaban J connectivity index is 2.81. The molecule has 1 aromatic rings. The lowest BCUT2D eigenvalue weighted by Gasteiger charge is -2.20. The van der Waals surface area contributed by atoms with E-state index in [1.54, 1.807) is 7.05 Å². The highest BCUT2D eigenvalue weighted by Gasteiger charge is 2.14. The summed E-state index contributed by atoms with van der Waals surface area (Å²) in [5, 5.41) is 0. The van der Waals surface area contributed by atoms with E-state index in [1.165, 1.54) is 4.90 Å². The Morgan fingerprint density at radius 3 is 2.47 bits per heavy atom. The van der Waals surface area contributed by atoms with Gasteiger partial charge in [-0.1, -0.05) is 18.2 Å². The van der Waals surface area contributed by atoms with Crippen LogP contribution in [0.15, 0.2) is 24.3 Å². The number of benzene rings is 1. The van der Waals surface area contributed by atoms with Gasteiger partial charge in [-0.3, -0.25) is 4.90 Å². The molecule has 3 nitrogen and oxygen atoms in total. The minimum atomic E-state index is -0.320. The number of para-hydroxylation sites is 1. The molecule has 0 spiro atoms. The molecule has 0 fully saturated rings. The van der Waals surface area contributed by atoms with Crippen LogP contribution in [0.25, 0.3) is 0 Å². The van der Waals surface area contributed by atoms with Crippen molar-refractivity contribution in [3.8, 4) is 0 Å². The third-order valence-corrected chi connectivity index (χ3v) is 2.09. The van der Waals surface area contributed by atoms with Gasteiger partial charge in [-0.15, -0.1) is 0 Å². The summed E-state index contributed by atoms with van der Waals surface area (Å²) >= 11 is 0. The number of anilines is 1. The zero-order chi connectivity index (χ0) is 11.4. The molecular formula is C12H17NO2. The van der Waals surface area contributed by atoms with Crippen molar-refractivity contribution in [2.75, 3.05) is 11.9 Å². The van der Waals surface area contributed by atoms with E-state index in [2.05, 4.69) is 0 Å². The third kappa shape index (κ3) is 2.98. The van der Waals surface area contributed by atoms with Crippen molar-refractivity contribution in [2.45, 2.75) is 26.9 Å². The molecule has 0 atom stereocenters. The average molecular weight is 207 g/mol. The molecule has 0 aromatic heterocycles. The molecule has 1 amide bonds. The molecule has 15 heavy (non-hydrogen) atoms. The Bertz CT molecular complexity index is 347. The van der Waals surface area contributed by atoms with E-state index >= 15 is 0 Å². The van der Waals surface area contributed by atoms with Gasteiger partial charge in [0.2, 0.25) is 0 Å². The topological polar surface area (TPSA) is 29.5 Å². The number of carbonyl (C=O) groups is 1. The lowest BCUT2D eigenvalue weighted by molar-refractivity contribution is 0.124. The van der Waals surface area contributed by atoms with E-state index in [0.717, 1.165) is 11.3 Å². The maximum atomic E-state index is 11.6. The number of aryl methyl sites for hydroxylation is 1. The highest BCUT2D eigenvalue weighted by Crippen LogP contribution is 2.18. The monoisotopic (exact) mass is 207 g/mol. The molecular weight excluding hydrogens is 190 g/mol. The standard InChI is InChI=1S/C12H17NO2/c1-9(2)15-12(14)13(4)11-8-6-5-7-10(11)3/h5-9H,1-4H3. The van der Waals surface area contributed by atoms with Crippen molar-refractivity contribution in [3.63, 3.8) is 0 Å². The predicted molar refractivity (Wildman–Crippen MR) is 61.2 cm³/mol. The fourth-order valence-corrected chi connectivity index (χ4v) is 1.32. The van der Waals surface area contributed by atoms with Crippen LogP contribution in [0.3, 0.4) is 0 Å². The Morgan fingerprint density at radius 2 is 1.93 bits per heavy atom. The maximum absolute atomic E-state index is 11.6. The van der Waals surface area contributed by atoms with E-state index in [1.807, 2.05) is 45.0 Å². The summed E-state index contributed by atoms with van der Waals surface area (Å²) < 4.78 is 5.11. The van der Waals surface area contributed by atoms with E-state index in [0.29, 0.717) is 0 Å². The van der Waals surface area contributed by atoms with Gasteiger partial charge in [0.05, 0.1) is 6.10 Å². The zero-order valence-corrected chi connectivity index (χ0v) is 9.65. The van der Waals surface area contributed by atoms with E-state index in [9.17, 15) is 4.79 Å². The number of ether oxygens (including phenoxy) is 1. The molecule has 1 rings (SSSR count). The first-order chi connectivity index (χ1) is 7.02. The van der Waals surface area contributed by atoms with E-state index in [-0.39, 0.29) is 12.2 Å². The summed E-state index contributed by atoms with van der Waals surface area (Å²) in [4.78, 5) is 13.1. The van der Waals surface area contributed by atoms with Crippen molar-refractivity contribution in [1.29, 1.82) is 0 Å². The second-order valence-corrected chi connectivity index (χ2v) is 3.78. The van der Waals surface area contributed by atoms with Crippen LogP contribution in [0.2, 0.25) is 0 Å². The first-order valence-electron chi connectivity index (χ1n) is 5.02. The van der Waals surface area contributed by atoms with E-state index < -0.39 is 0 Å². The SMILES string of the molecule is Cc1ccccc1N(C)C(=O)OC(C)C. The van der Waals surface area contributed by atoms with E-state index in [4.69, 9.17) is 4.74 Å². The second-order valence-electron chi connectivity index (χ2n) is 3.78. The lowest BCUT2D eigenvalue weighted by Crippen LogP contribution is -2.29. The molecule has 0 saturated carbocycles. The van der Waals surface area contributed by atoms with Crippen LogP contribution in [0.5, 0.6) is 0 Å². The fourth-order valence-electron chi connectivity index (χ4n) is 1.32. The minimum absolute atomic E-state index is 0.0935. The molecule has 1 aromatic carbocycles. The van der Waals surface area contributed by atoms with Crippen LogP contribution < -0.4 is 4.90 Å². The number of hydrogen-bond donors (Lipinski definition) is 0. The molecule has 0 unspecified atom stereocenters. The lowest BCUT2D eigenvalue weighted by atomic mass is 10.2. The van der Waals surface area contributed by atoms with Gasteiger partial charge >= 0.3 is 6.09 Å². The Hall–Kier alpha value is -1.51. The van der Waals surface area contributed by atoms with Gasteiger partial charge in [-0.25, -0.2) is 4.79 Å². The number of hydrogen-bond acceptors (Lipinski definition) is 2. The van der Waals surface area contributed by atoms with Crippen molar-refractivity contribution in [3.05, 3.63) is 29.8 Å². The smallest absolute Gasteiger partial charge is 0.414 e. The summed E-state index contributed by atoms with van der Waals surface area (Å²) in [5.74, 6) is 0. The summed E-state index contributed by atoms with van der Waals surface area (Å²) in [6, 6.07) is 7.72. The van der Waals surface area contributed by atoms with Crippen molar-refractivity contribution in [2.24, 2.45) is 0 Å². The Morgan fingerprint density at radius 1 is 1.33 bits per heavy atom. The quantitative estimate of drug-likeness (QED) is 0.746. The molecule has 0 aliphatic heterocycles. The number of amides is 1. The minimum Gasteiger partial charge on any atom is -0.446 e. The summed E-state index contributed by atoms with van der Waals surface area (Å²) in [7, 11) is 1.72. The van der Waals surface area contributed by atoms with Crippen LogP contribution >= 0.6 is 0 Å². The van der Waals surface area contributed by atoms with Gasteiger partial charge in [-0.05, 0) is 32.4 Å². The zero-order valence-electron chi connectivity index (χ0n) is 9.65. The first-order valence-corrected chi connectivity index (χ1v) is 5.02. The molecule has 0 bridgehead atoms. The van der Waals surface area contributed by atoms with Crippen molar-refractivity contribution >= 4 is 11.8 Å². The highest BCUT2D eigenvalue weighted by molar-refractivity contribution is 5.87. The second kappa shape index (κ2) is 4.82. The number of nitrogens with zero attached hydrogens (tertiary/aromatic N) is 1. The van der Waals surface area contributed by atoms with Crippen molar-refractivity contribution in [1.82, 2.24) is 0 Å². The van der Waals surface area contributed by atoms with Crippen LogP contribution in [-0.2, 0) is 4.74 Å². The summed E-state index contributed by atoms with van der Waals surface area (Å²) in [5.41, 5.74) is 1.93. The van der Waals surface area contributed by atoms with Gasteiger partial charge in [0.15, 0.2) is 0 Å². The molecule has 0 N–H and O–H groups in total. The Labute approximate surface area is 90.7 Å². The van der Waals surface area contributed by atoms with Crippen LogP contribution in [-0.4, -0.2) is 19.2 Å². The predicted octanol–water partition coefficient (Wildman–Crippen LogP) is 2.98. The molecule has 0 aliphatic rings. The first kappa shape index (κ1) is 11.6. The van der Waals surface area contributed by atoms with Gasteiger partial charge in [-0.2, -0.15) is 0 Å². The third-order valence-electron chi connectivity index (χ3n) is 2.09. The molecule has 0 heterocycles. The molecule has 0 radical (unpaired) electrons. The summed E-state index contributed by atoms with van der Waals surface area (Å²) in [6.07, 6.45) is -0.414. The molecule has 0 aliphatic carbocycles. The van der Waals surface area contributed by atoms with Gasteiger partial charge in [0, 0.05) is 12.7 Å². The number of carbonyl (C=O) groups excluding carboxylic acids is 1. The van der Waals surface area contributed by atoms with Gasteiger partial charge in [0.25, 0.3) is 0 Å². The molecule has 82 valence electrons. The average Bonchev–Trinajstić information content (AvgIpc) is 2.16. The van der Waals surface area contributed by atoms with Crippen LogP contribution in [0.1, 0.15) is 19.4 Å². The van der Waals surface area contributed by atoms with Crippen molar-refractivity contribution < 1.29 is 9.53 Å². The normalized spacial score (nSPS) is 10.2. The molecule has 3 heteroatoms. The summed E-state index contributed by atoms with van der Waals surface area (Å²) in [6.45, 7) is 5.64. The highest BCUT2D eigenvalue weighted by atomic mass is 16.6. The fraction of sp³-hybridized carbons (Fsp3) is 0.417. The van der Waals surface area contributed by atoms with Gasteiger partial charge < -0.3 is 4.74 Å². The van der Waals surface area contributed by atoms with Gasteiger partial charge in [0.1, 0.15) is 0 Å². The van der Waals surface area contributed by atoms with Crippen LogP contribution in [0, 0.1) is 6.92 Å². The Kier molecular flexibility index (Phi) is 3.72.